The summed E-state index contributed by atoms with van der Waals surface area (Å²) in [6.07, 6.45) is 0.523. The Labute approximate surface area is 178 Å². The van der Waals surface area contributed by atoms with Gasteiger partial charge in [0.05, 0.1) is 18.0 Å². The van der Waals surface area contributed by atoms with E-state index in [1.807, 2.05) is 12.1 Å². The van der Waals surface area contributed by atoms with E-state index in [1.165, 1.54) is 6.07 Å². The summed E-state index contributed by atoms with van der Waals surface area (Å²) in [6.45, 7) is 1.48. The lowest BCUT2D eigenvalue weighted by molar-refractivity contribution is -0.137. The highest BCUT2D eigenvalue weighted by atomic mass is 19.4. The molecule has 9 heteroatoms. The Morgan fingerprint density at radius 2 is 2.03 bits per heavy atom. The third-order valence-corrected chi connectivity index (χ3v) is 5.15. The minimum Gasteiger partial charge on any atom is -0.356 e. The molecule has 2 N–H and O–H groups in total. The van der Waals surface area contributed by atoms with Gasteiger partial charge in [0.25, 0.3) is 0 Å². The number of hydrogen-bond acceptors (Lipinski definition) is 4. The molecule has 1 aromatic heterocycles. The highest BCUT2D eigenvalue weighted by molar-refractivity contribution is 5.88. The molecule has 0 spiro atoms. The van der Waals surface area contributed by atoms with Crippen molar-refractivity contribution in [2.75, 3.05) is 19.6 Å². The molecule has 6 nitrogen and oxygen atoms in total. The molecule has 0 unspecified atom stereocenters. The zero-order valence-corrected chi connectivity index (χ0v) is 17.0. The zero-order chi connectivity index (χ0) is 22.3. The second kappa shape index (κ2) is 10.4. The largest absolute Gasteiger partial charge is 0.416 e. The minimum atomic E-state index is -4.43. The number of piperazine rings is 1. The summed E-state index contributed by atoms with van der Waals surface area (Å²) in [5.74, 6) is -0.550. The maximum Gasteiger partial charge on any atom is 0.416 e. The maximum atomic E-state index is 13.0. The van der Waals surface area contributed by atoms with Gasteiger partial charge >= 0.3 is 6.18 Å². The number of benzene rings is 1. The van der Waals surface area contributed by atoms with Crippen molar-refractivity contribution < 1.29 is 22.8 Å². The van der Waals surface area contributed by atoms with E-state index in [2.05, 4.69) is 15.6 Å². The number of hydrogen-bond donors (Lipinski definition) is 2. The summed E-state index contributed by atoms with van der Waals surface area (Å²) in [4.78, 5) is 30.5. The molecule has 1 aliphatic heterocycles. The topological polar surface area (TPSA) is 74.3 Å². The van der Waals surface area contributed by atoms with Crippen LogP contribution in [0.25, 0.3) is 0 Å². The number of alkyl halides is 3. The summed E-state index contributed by atoms with van der Waals surface area (Å²) < 4.78 is 38.9. The monoisotopic (exact) mass is 434 g/mol. The van der Waals surface area contributed by atoms with Crippen molar-refractivity contribution in [2.45, 2.75) is 38.0 Å². The highest BCUT2D eigenvalue weighted by Gasteiger charge is 2.33. The fraction of sp³-hybridized carbons (Fsp3) is 0.409. The van der Waals surface area contributed by atoms with E-state index < -0.39 is 17.8 Å². The van der Waals surface area contributed by atoms with Crippen LogP contribution in [-0.4, -0.2) is 47.4 Å². The summed E-state index contributed by atoms with van der Waals surface area (Å²) in [5.41, 5.74) is 0.802. The van der Waals surface area contributed by atoms with Crippen LogP contribution in [0.1, 0.15) is 29.5 Å². The molecule has 2 heterocycles. The van der Waals surface area contributed by atoms with Crippen molar-refractivity contribution in [1.82, 2.24) is 20.5 Å². The van der Waals surface area contributed by atoms with Gasteiger partial charge in [0, 0.05) is 38.6 Å². The highest BCUT2D eigenvalue weighted by Crippen LogP contribution is 2.30. The van der Waals surface area contributed by atoms with Crippen LogP contribution >= 0.6 is 0 Å². The van der Waals surface area contributed by atoms with E-state index in [-0.39, 0.29) is 24.8 Å². The molecule has 0 radical (unpaired) electrons. The van der Waals surface area contributed by atoms with Gasteiger partial charge in [0.2, 0.25) is 11.8 Å². The standard InChI is InChI=1S/C22H25F3N4O2/c23-22(24,25)18-7-1-4-17(12-18)15-29-11-10-28-21(31)19(29)13-20(30)27-9-3-6-16-5-2-8-26-14-16/h1-2,4-5,7-8,12,14,19H,3,6,9-11,13,15H2,(H,27,30)(H,28,31)/t19-/m1/s1. The van der Waals surface area contributed by atoms with E-state index in [4.69, 9.17) is 0 Å². The zero-order valence-electron chi connectivity index (χ0n) is 17.0. The van der Waals surface area contributed by atoms with Crippen LogP contribution in [0, 0.1) is 0 Å². The lowest BCUT2D eigenvalue weighted by atomic mass is 10.0. The van der Waals surface area contributed by atoms with Gasteiger partial charge in [-0.15, -0.1) is 0 Å². The molecule has 166 valence electrons. The third-order valence-electron chi connectivity index (χ3n) is 5.15. The van der Waals surface area contributed by atoms with Crippen LogP contribution in [0.3, 0.4) is 0 Å². The molecule has 1 aromatic carbocycles. The van der Waals surface area contributed by atoms with Crippen molar-refractivity contribution >= 4 is 11.8 Å². The molecule has 0 aliphatic carbocycles. The number of halogens is 3. The molecule has 0 bridgehead atoms. The van der Waals surface area contributed by atoms with Gasteiger partial charge in [-0.2, -0.15) is 13.2 Å². The van der Waals surface area contributed by atoms with Crippen LogP contribution in [-0.2, 0) is 28.7 Å². The SMILES string of the molecule is O=C(C[C@@H]1C(=O)NCCN1Cc1cccc(C(F)(F)F)c1)NCCCc1cccnc1. The Hall–Kier alpha value is -2.94. The Morgan fingerprint density at radius 3 is 2.77 bits per heavy atom. The van der Waals surface area contributed by atoms with E-state index in [0.29, 0.717) is 25.2 Å². The van der Waals surface area contributed by atoms with E-state index in [1.54, 1.807) is 23.4 Å². The average Bonchev–Trinajstić information content (AvgIpc) is 2.74. The molecule has 1 fully saturated rings. The lowest BCUT2D eigenvalue weighted by Crippen LogP contribution is -2.56. The van der Waals surface area contributed by atoms with Crippen molar-refractivity contribution in [3.05, 3.63) is 65.5 Å². The Bertz CT molecular complexity index is 890. The molecule has 1 atom stereocenters. The average molecular weight is 434 g/mol. The second-order valence-corrected chi connectivity index (χ2v) is 7.49. The number of pyridine rings is 1. The quantitative estimate of drug-likeness (QED) is 0.627. The van der Waals surface area contributed by atoms with Gasteiger partial charge in [0.1, 0.15) is 0 Å². The molecular weight excluding hydrogens is 409 g/mol. The number of nitrogens with zero attached hydrogens (tertiary/aromatic N) is 2. The first-order valence-electron chi connectivity index (χ1n) is 10.2. The fourth-order valence-electron chi connectivity index (χ4n) is 3.57. The summed E-state index contributed by atoms with van der Waals surface area (Å²) >= 11 is 0. The van der Waals surface area contributed by atoms with Gasteiger partial charge in [-0.05, 0) is 36.1 Å². The van der Waals surface area contributed by atoms with Crippen LogP contribution in [0.4, 0.5) is 13.2 Å². The van der Waals surface area contributed by atoms with E-state index >= 15 is 0 Å². The molecule has 3 rings (SSSR count). The number of nitrogens with one attached hydrogen (secondary N) is 2. The number of amides is 2. The molecular formula is C22H25F3N4O2. The van der Waals surface area contributed by atoms with E-state index in [0.717, 1.165) is 30.5 Å². The number of carbonyl (C=O) groups excluding carboxylic acids is 2. The predicted octanol–water partition coefficient (Wildman–Crippen LogP) is 2.54. The van der Waals surface area contributed by atoms with Gasteiger partial charge < -0.3 is 10.6 Å². The molecule has 2 aromatic rings. The predicted molar refractivity (Wildman–Crippen MR) is 109 cm³/mol. The minimum absolute atomic E-state index is 0.0440. The van der Waals surface area contributed by atoms with Crippen molar-refractivity contribution in [3.8, 4) is 0 Å². The van der Waals surface area contributed by atoms with Crippen LogP contribution in [0.15, 0.2) is 48.8 Å². The summed E-state index contributed by atoms with van der Waals surface area (Å²) in [6, 6.07) is 8.15. The Kier molecular flexibility index (Phi) is 7.62. The number of rotatable bonds is 8. The molecule has 1 saturated heterocycles. The first-order valence-corrected chi connectivity index (χ1v) is 10.2. The first-order chi connectivity index (χ1) is 14.8. The smallest absolute Gasteiger partial charge is 0.356 e. The van der Waals surface area contributed by atoms with E-state index in [9.17, 15) is 22.8 Å². The van der Waals surface area contributed by atoms with Gasteiger partial charge in [-0.25, -0.2) is 0 Å². The Morgan fingerprint density at radius 1 is 1.23 bits per heavy atom. The van der Waals surface area contributed by atoms with Crippen molar-refractivity contribution in [2.24, 2.45) is 0 Å². The second-order valence-electron chi connectivity index (χ2n) is 7.49. The van der Waals surface area contributed by atoms with Gasteiger partial charge in [0.15, 0.2) is 0 Å². The number of aromatic nitrogens is 1. The molecule has 0 saturated carbocycles. The van der Waals surface area contributed by atoms with Gasteiger partial charge in [-0.1, -0.05) is 24.3 Å². The lowest BCUT2D eigenvalue weighted by Gasteiger charge is -2.34. The van der Waals surface area contributed by atoms with Crippen LogP contribution < -0.4 is 10.6 Å². The molecule has 2 amide bonds. The summed E-state index contributed by atoms with van der Waals surface area (Å²) in [5, 5.41) is 5.55. The third kappa shape index (κ3) is 6.78. The summed E-state index contributed by atoms with van der Waals surface area (Å²) in [7, 11) is 0. The number of aryl methyl sites for hydroxylation is 1. The van der Waals surface area contributed by atoms with Crippen LogP contribution in [0.2, 0.25) is 0 Å². The maximum absolute atomic E-state index is 13.0. The number of carbonyl (C=O) groups is 2. The normalized spacial score (nSPS) is 17.3. The van der Waals surface area contributed by atoms with Gasteiger partial charge in [-0.3, -0.25) is 19.5 Å². The fourth-order valence-corrected chi connectivity index (χ4v) is 3.57. The van der Waals surface area contributed by atoms with Crippen molar-refractivity contribution in [1.29, 1.82) is 0 Å². The van der Waals surface area contributed by atoms with Crippen molar-refractivity contribution in [3.63, 3.8) is 0 Å². The molecule has 1 aliphatic rings. The first kappa shape index (κ1) is 22.7. The Balaban J connectivity index is 1.54. The van der Waals surface area contributed by atoms with Crippen LogP contribution in [0.5, 0.6) is 0 Å². The molecule has 31 heavy (non-hydrogen) atoms.